The predicted molar refractivity (Wildman–Crippen MR) is 80.2 cm³/mol. The number of hydrogen-bond acceptors (Lipinski definition) is 4. The van der Waals surface area contributed by atoms with Crippen molar-refractivity contribution in [1.29, 1.82) is 0 Å². The summed E-state index contributed by atoms with van der Waals surface area (Å²) in [6.45, 7) is 1.93. The zero-order valence-corrected chi connectivity index (χ0v) is 12.9. The lowest BCUT2D eigenvalue weighted by Gasteiger charge is -2.27. The van der Waals surface area contributed by atoms with Crippen molar-refractivity contribution in [2.24, 2.45) is 0 Å². The Morgan fingerprint density at radius 3 is 2.81 bits per heavy atom. The molecule has 21 heavy (non-hydrogen) atoms. The van der Waals surface area contributed by atoms with Crippen molar-refractivity contribution < 1.29 is 13.5 Å². The molecule has 0 aromatic heterocycles. The van der Waals surface area contributed by atoms with Crippen LogP contribution < -0.4 is 5.32 Å². The van der Waals surface area contributed by atoms with E-state index in [2.05, 4.69) is 5.32 Å². The van der Waals surface area contributed by atoms with Crippen molar-refractivity contribution in [3.63, 3.8) is 0 Å². The fourth-order valence-corrected chi connectivity index (χ4v) is 4.95. The van der Waals surface area contributed by atoms with E-state index in [0.29, 0.717) is 11.4 Å². The van der Waals surface area contributed by atoms with Gasteiger partial charge in [0.15, 0.2) is 0 Å². The maximum Gasteiger partial charge on any atom is 0.243 e. The molecule has 1 aromatic carbocycles. The predicted octanol–water partition coefficient (Wildman–Crippen LogP) is 1.22. The van der Waals surface area contributed by atoms with E-state index in [1.54, 1.807) is 12.1 Å². The molecule has 2 N–H and O–H groups in total. The molecular formula is C15H22N2O3S. The molecule has 0 amide bonds. The molecule has 2 heterocycles. The van der Waals surface area contributed by atoms with Gasteiger partial charge in [-0.3, -0.25) is 0 Å². The van der Waals surface area contributed by atoms with Gasteiger partial charge in [0.2, 0.25) is 10.0 Å². The summed E-state index contributed by atoms with van der Waals surface area (Å²) in [6.07, 6.45) is 3.60. The van der Waals surface area contributed by atoms with Crippen LogP contribution in [0.1, 0.15) is 36.8 Å². The van der Waals surface area contributed by atoms with E-state index in [0.717, 1.165) is 44.3 Å². The third-order valence-corrected chi connectivity index (χ3v) is 6.40. The van der Waals surface area contributed by atoms with Gasteiger partial charge in [0.05, 0.1) is 11.5 Å². The van der Waals surface area contributed by atoms with Gasteiger partial charge in [0, 0.05) is 25.7 Å². The van der Waals surface area contributed by atoms with Crippen LogP contribution in [0.2, 0.25) is 0 Å². The Kier molecular flexibility index (Phi) is 4.31. The number of nitrogens with zero attached hydrogens (tertiary/aromatic N) is 1. The molecule has 5 nitrogen and oxygen atoms in total. The first-order chi connectivity index (χ1) is 10.1. The van der Waals surface area contributed by atoms with Crippen LogP contribution in [0.5, 0.6) is 0 Å². The SMILES string of the molecule is O=S(=O)(c1ccc2c(c1)CNC2)N1CCCCCC1CO. The Balaban J connectivity index is 1.94. The molecule has 0 saturated carbocycles. The van der Waals surface area contributed by atoms with Gasteiger partial charge in [-0.25, -0.2) is 8.42 Å². The van der Waals surface area contributed by atoms with Gasteiger partial charge in [0.25, 0.3) is 0 Å². The van der Waals surface area contributed by atoms with E-state index in [4.69, 9.17) is 0 Å². The van der Waals surface area contributed by atoms with Gasteiger partial charge in [-0.15, -0.1) is 0 Å². The lowest BCUT2D eigenvalue weighted by atomic mass is 10.1. The second kappa shape index (κ2) is 6.04. The van der Waals surface area contributed by atoms with Gasteiger partial charge >= 0.3 is 0 Å². The second-order valence-corrected chi connectivity index (χ2v) is 7.73. The fraction of sp³-hybridized carbons (Fsp3) is 0.600. The third-order valence-electron chi connectivity index (χ3n) is 4.45. The number of rotatable bonds is 3. The lowest BCUT2D eigenvalue weighted by Crippen LogP contribution is -2.42. The molecule has 0 radical (unpaired) electrons. The van der Waals surface area contributed by atoms with Gasteiger partial charge < -0.3 is 10.4 Å². The summed E-state index contributed by atoms with van der Waals surface area (Å²) >= 11 is 0. The van der Waals surface area contributed by atoms with Crippen LogP contribution in [0.15, 0.2) is 23.1 Å². The van der Waals surface area contributed by atoms with Gasteiger partial charge in [-0.05, 0) is 36.1 Å². The van der Waals surface area contributed by atoms with Crippen LogP contribution in [0.25, 0.3) is 0 Å². The quantitative estimate of drug-likeness (QED) is 0.880. The van der Waals surface area contributed by atoms with E-state index in [-0.39, 0.29) is 12.6 Å². The van der Waals surface area contributed by atoms with Crippen molar-refractivity contribution in [2.45, 2.75) is 49.7 Å². The minimum Gasteiger partial charge on any atom is -0.395 e. The summed E-state index contributed by atoms with van der Waals surface area (Å²) in [7, 11) is -3.52. The second-order valence-electron chi connectivity index (χ2n) is 5.84. The van der Waals surface area contributed by atoms with Crippen LogP contribution in [-0.2, 0) is 23.1 Å². The smallest absolute Gasteiger partial charge is 0.243 e. The summed E-state index contributed by atoms with van der Waals surface area (Å²) < 4.78 is 27.3. The number of benzene rings is 1. The summed E-state index contributed by atoms with van der Waals surface area (Å²) in [6, 6.07) is 5.09. The normalized spacial score (nSPS) is 23.8. The maximum absolute atomic E-state index is 12.9. The molecule has 1 unspecified atom stereocenters. The van der Waals surface area contributed by atoms with E-state index >= 15 is 0 Å². The Hall–Kier alpha value is -0.950. The van der Waals surface area contributed by atoms with Crippen molar-refractivity contribution >= 4 is 10.0 Å². The summed E-state index contributed by atoms with van der Waals surface area (Å²) in [5.41, 5.74) is 2.23. The average Bonchev–Trinajstić information content (AvgIpc) is 2.81. The first-order valence-corrected chi connectivity index (χ1v) is 9.02. The minimum absolute atomic E-state index is 0.105. The van der Waals surface area contributed by atoms with E-state index in [1.807, 2.05) is 6.07 Å². The van der Waals surface area contributed by atoms with Crippen molar-refractivity contribution in [1.82, 2.24) is 9.62 Å². The van der Waals surface area contributed by atoms with Gasteiger partial charge in [0.1, 0.15) is 0 Å². The molecule has 1 aromatic rings. The van der Waals surface area contributed by atoms with Crippen LogP contribution in [0.3, 0.4) is 0 Å². The standard InChI is InChI=1S/C15H22N2O3S/c18-11-14-4-2-1-3-7-17(14)21(19,20)15-6-5-12-9-16-10-13(12)8-15/h5-6,8,14,16,18H,1-4,7,9-11H2. The summed E-state index contributed by atoms with van der Waals surface area (Å²) in [4.78, 5) is 0.352. The Bertz CT molecular complexity index is 615. The molecule has 6 heteroatoms. The number of nitrogens with one attached hydrogen (secondary N) is 1. The van der Waals surface area contributed by atoms with Crippen LogP contribution >= 0.6 is 0 Å². The van der Waals surface area contributed by atoms with E-state index in [1.165, 1.54) is 9.87 Å². The number of aliphatic hydroxyl groups excluding tert-OH is 1. The van der Waals surface area contributed by atoms with E-state index < -0.39 is 10.0 Å². The highest BCUT2D eigenvalue weighted by Gasteiger charge is 2.32. The lowest BCUT2D eigenvalue weighted by molar-refractivity contribution is 0.186. The zero-order valence-electron chi connectivity index (χ0n) is 12.1. The molecule has 0 aliphatic carbocycles. The molecular weight excluding hydrogens is 288 g/mol. The van der Waals surface area contributed by atoms with Crippen molar-refractivity contribution in [3.8, 4) is 0 Å². The molecule has 2 aliphatic heterocycles. The summed E-state index contributed by atoms with van der Waals surface area (Å²) in [5.74, 6) is 0. The Labute approximate surface area is 126 Å². The summed E-state index contributed by atoms with van der Waals surface area (Å²) in [5, 5.41) is 12.8. The van der Waals surface area contributed by atoms with Crippen molar-refractivity contribution in [2.75, 3.05) is 13.2 Å². The first-order valence-electron chi connectivity index (χ1n) is 7.58. The number of hydrogen-bond donors (Lipinski definition) is 2. The molecule has 116 valence electrons. The minimum atomic E-state index is -3.52. The molecule has 2 aliphatic rings. The van der Waals surface area contributed by atoms with Crippen LogP contribution in [-0.4, -0.2) is 37.0 Å². The Morgan fingerprint density at radius 1 is 1.19 bits per heavy atom. The highest BCUT2D eigenvalue weighted by molar-refractivity contribution is 7.89. The molecule has 1 saturated heterocycles. The largest absolute Gasteiger partial charge is 0.395 e. The van der Waals surface area contributed by atoms with E-state index in [9.17, 15) is 13.5 Å². The molecule has 1 fully saturated rings. The molecule has 3 rings (SSSR count). The Morgan fingerprint density at radius 2 is 2.00 bits per heavy atom. The first kappa shape index (κ1) is 15.0. The molecule has 0 bridgehead atoms. The maximum atomic E-state index is 12.9. The van der Waals surface area contributed by atoms with Crippen molar-refractivity contribution in [3.05, 3.63) is 29.3 Å². The van der Waals surface area contributed by atoms with Crippen LogP contribution in [0.4, 0.5) is 0 Å². The number of aliphatic hydroxyl groups is 1. The fourth-order valence-electron chi connectivity index (χ4n) is 3.22. The zero-order chi connectivity index (χ0) is 14.9. The molecule has 0 spiro atoms. The highest BCUT2D eigenvalue weighted by atomic mass is 32.2. The number of fused-ring (bicyclic) bond motifs is 1. The average molecular weight is 310 g/mol. The highest BCUT2D eigenvalue weighted by Crippen LogP contribution is 2.27. The monoisotopic (exact) mass is 310 g/mol. The molecule has 1 atom stereocenters. The third kappa shape index (κ3) is 2.85. The topological polar surface area (TPSA) is 69.6 Å². The van der Waals surface area contributed by atoms with Crippen LogP contribution in [0, 0.1) is 0 Å². The van der Waals surface area contributed by atoms with Gasteiger partial charge in [-0.1, -0.05) is 18.9 Å². The number of sulfonamides is 1. The van der Waals surface area contributed by atoms with Gasteiger partial charge in [-0.2, -0.15) is 4.31 Å².